The molecule has 0 spiro atoms. The lowest BCUT2D eigenvalue weighted by atomic mass is 10.1. The number of nitrogens with zero attached hydrogens (tertiary/aromatic N) is 3. The Morgan fingerprint density at radius 1 is 1.33 bits per heavy atom. The van der Waals surface area contributed by atoms with E-state index in [9.17, 15) is 0 Å². The molecule has 0 radical (unpaired) electrons. The first-order valence-corrected chi connectivity index (χ1v) is 7.66. The standard InChI is InChI=1S/C16H22N4O/c1-2-10-21-12-6-5-9-20(11-12)15-13-7-3-4-8-14(13)18-16(17)19-15/h3-4,7-8,12H,2,5-6,9-11H2,1H3,(H2,17,18,19). The van der Waals surface area contributed by atoms with Gasteiger partial charge in [-0.15, -0.1) is 0 Å². The normalized spacial score (nSPS) is 19.1. The number of ether oxygens (including phenoxy) is 1. The van der Waals surface area contributed by atoms with Crippen LogP contribution in [-0.2, 0) is 4.74 Å². The highest BCUT2D eigenvalue weighted by Crippen LogP contribution is 2.27. The summed E-state index contributed by atoms with van der Waals surface area (Å²) < 4.78 is 5.91. The Balaban J connectivity index is 1.89. The minimum Gasteiger partial charge on any atom is -0.376 e. The van der Waals surface area contributed by atoms with E-state index in [0.717, 1.165) is 55.7 Å². The van der Waals surface area contributed by atoms with E-state index >= 15 is 0 Å². The van der Waals surface area contributed by atoms with Crippen molar-refractivity contribution in [2.45, 2.75) is 32.3 Å². The number of benzene rings is 1. The molecule has 1 aromatic carbocycles. The molecular formula is C16H22N4O. The van der Waals surface area contributed by atoms with Crippen molar-refractivity contribution < 1.29 is 4.74 Å². The number of piperidine rings is 1. The molecule has 5 heteroatoms. The van der Waals surface area contributed by atoms with Crippen molar-refractivity contribution in [2.75, 3.05) is 30.3 Å². The van der Waals surface area contributed by atoms with Crippen molar-refractivity contribution in [1.29, 1.82) is 0 Å². The molecule has 2 aromatic rings. The summed E-state index contributed by atoms with van der Waals surface area (Å²) in [6.45, 7) is 4.83. The Morgan fingerprint density at radius 2 is 2.19 bits per heavy atom. The van der Waals surface area contributed by atoms with Gasteiger partial charge in [0.1, 0.15) is 5.82 Å². The van der Waals surface area contributed by atoms with Crippen molar-refractivity contribution >= 4 is 22.7 Å². The van der Waals surface area contributed by atoms with E-state index in [1.165, 1.54) is 0 Å². The molecule has 112 valence electrons. The van der Waals surface area contributed by atoms with E-state index in [0.29, 0.717) is 5.95 Å². The molecule has 3 rings (SSSR count). The summed E-state index contributed by atoms with van der Waals surface area (Å²) in [5.74, 6) is 1.27. The third-order valence-electron chi connectivity index (χ3n) is 3.84. The first kappa shape index (κ1) is 14.1. The number of rotatable bonds is 4. The van der Waals surface area contributed by atoms with Gasteiger partial charge in [0.2, 0.25) is 5.95 Å². The number of anilines is 2. The summed E-state index contributed by atoms with van der Waals surface area (Å²) >= 11 is 0. The Hall–Kier alpha value is -1.88. The molecule has 1 fully saturated rings. The Bertz CT molecular complexity index is 616. The van der Waals surface area contributed by atoms with Crippen LogP contribution in [0.2, 0.25) is 0 Å². The van der Waals surface area contributed by atoms with Crippen LogP contribution in [0.4, 0.5) is 11.8 Å². The van der Waals surface area contributed by atoms with E-state index in [1.54, 1.807) is 0 Å². The summed E-state index contributed by atoms with van der Waals surface area (Å²) in [5, 5.41) is 1.06. The molecule has 1 aliphatic rings. The smallest absolute Gasteiger partial charge is 0.222 e. The van der Waals surface area contributed by atoms with E-state index in [4.69, 9.17) is 10.5 Å². The van der Waals surface area contributed by atoms with E-state index < -0.39 is 0 Å². The molecule has 1 unspecified atom stereocenters. The van der Waals surface area contributed by atoms with E-state index in [-0.39, 0.29) is 6.10 Å². The Labute approximate surface area is 125 Å². The molecular weight excluding hydrogens is 264 g/mol. The van der Waals surface area contributed by atoms with Gasteiger partial charge >= 0.3 is 0 Å². The maximum atomic E-state index is 5.91. The van der Waals surface area contributed by atoms with Gasteiger partial charge < -0.3 is 15.4 Å². The zero-order valence-corrected chi connectivity index (χ0v) is 12.5. The third kappa shape index (κ3) is 3.08. The van der Waals surface area contributed by atoms with Crippen LogP contribution in [0.1, 0.15) is 26.2 Å². The number of fused-ring (bicyclic) bond motifs is 1. The van der Waals surface area contributed by atoms with Gasteiger partial charge in [0.25, 0.3) is 0 Å². The molecule has 0 amide bonds. The summed E-state index contributed by atoms with van der Waals surface area (Å²) in [5.41, 5.74) is 6.77. The summed E-state index contributed by atoms with van der Waals surface area (Å²) in [6, 6.07) is 8.02. The Morgan fingerprint density at radius 3 is 3.05 bits per heavy atom. The zero-order chi connectivity index (χ0) is 14.7. The molecule has 21 heavy (non-hydrogen) atoms. The molecule has 0 aliphatic carbocycles. The van der Waals surface area contributed by atoms with Crippen LogP contribution in [0.15, 0.2) is 24.3 Å². The molecule has 0 saturated carbocycles. The van der Waals surface area contributed by atoms with Gasteiger partial charge in [0, 0.05) is 25.1 Å². The largest absolute Gasteiger partial charge is 0.376 e. The SMILES string of the molecule is CCCOC1CCCN(c2nc(N)nc3ccccc23)C1. The lowest BCUT2D eigenvalue weighted by Crippen LogP contribution is -2.40. The third-order valence-corrected chi connectivity index (χ3v) is 3.84. The lowest BCUT2D eigenvalue weighted by molar-refractivity contribution is 0.0440. The van der Waals surface area contributed by atoms with Gasteiger partial charge in [-0.1, -0.05) is 19.1 Å². The predicted octanol–water partition coefficient (Wildman–Crippen LogP) is 2.61. The topological polar surface area (TPSA) is 64.3 Å². The van der Waals surface area contributed by atoms with Crippen molar-refractivity contribution in [1.82, 2.24) is 9.97 Å². The second kappa shape index (κ2) is 6.26. The monoisotopic (exact) mass is 286 g/mol. The van der Waals surface area contributed by atoms with Crippen LogP contribution in [-0.4, -0.2) is 35.8 Å². The highest BCUT2D eigenvalue weighted by Gasteiger charge is 2.23. The molecule has 5 nitrogen and oxygen atoms in total. The second-order valence-electron chi connectivity index (χ2n) is 5.50. The minimum absolute atomic E-state index is 0.286. The number of hydrogen-bond donors (Lipinski definition) is 1. The van der Waals surface area contributed by atoms with Crippen molar-refractivity contribution in [2.24, 2.45) is 0 Å². The Kier molecular flexibility index (Phi) is 4.20. The van der Waals surface area contributed by atoms with Crippen molar-refractivity contribution in [3.8, 4) is 0 Å². The first-order valence-electron chi connectivity index (χ1n) is 7.66. The summed E-state index contributed by atoms with van der Waals surface area (Å²) in [6.07, 6.45) is 3.58. The zero-order valence-electron chi connectivity index (χ0n) is 12.5. The molecule has 0 bridgehead atoms. The fraction of sp³-hybridized carbons (Fsp3) is 0.500. The van der Waals surface area contributed by atoms with Gasteiger partial charge in [-0.3, -0.25) is 0 Å². The van der Waals surface area contributed by atoms with Gasteiger partial charge in [0.15, 0.2) is 0 Å². The maximum absolute atomic E-state index is 5.91. The van der Waals surface area contributed by atoms with Gasteiger partial charge in [0.05, 0.1) is 11.6 Å². The van der Waals surface area contributed by atoms with Crippen LogP contribution in [0.3, 0.4) is 0 Å². The summed E-state index contributed by atoms with van der Waals surface area (Å²) in [7, 11) is 0. The fourth-order valence-electron chi connectivity index (χ4n) is 2.87. The fourth-order valence-corrected chi connectivity index (χ4v) is 2.87. The minimum atomic E-state index is 0.286. The highest BCUT2D eigenvalue weighted by atomic mass is 16.5. The van der Waals surface area contributed by atoms with E-state index in [2.05, 4.69) is 27.9 Å². The highest BCUT2D eigenvalue weighted by molar-refractivity contribution is 5.90. The predicted molar refractivity (Wildman–Crippen MR) is 85.4 cm³/mol. The molecule has 2 heterocycles. The van der Waals surface area contributed by atoms with Crippen LogP contribution >= 0.6 is 0 Å². The maximum Gasteiger partial charge on any atom is 0.222 e. The second-order valence-corrected chi connectivity index (χ2v) is 5.50. The van der Waals surface area contributed by atoms with Gasteiger partial charge in [-0.2, -0.15) is 4.98 Å². The van der Waals surface area contributed by atoms with Gasteiger partial charge in [-0.25, -0.2) is 4.98 Å². The number of para-hydroxylation sites is 1. The first-order chi connectivity index (χ1) is 10.3. The molecule has 1 aliphatic heterocycles. The van der Waals surface area contributed by atoms with Crippen LogP contribution in [0, 0.1) is 0 Å². The van der Waals surface area contributed by atoms with Crippen LogP contribution < -0.4 is 10.6 Å². The van der Waals surface area contributed by atoms with Gasteiger partial charge in [-0.05, 0) is 31.4 Å². The van der Waals surface area contributed by atoms with E-state index in [1.807, 2.05) is 18.2 Å². The quantitative estimate of drug-likeness (QED) is 0.936. The van der Waals surface area contributed by atoms with Crippen molar-refractivity contribution in [3.05, 3.63) is 24.3 Å². The molecule has 1 aromatic heterocycles. The van der Waals surface area contributed by atoms with Crippen molar-refractivity contribution in [3.63, 3.8) is 0 Å². The number of nitrogen functional groups attached to an aromatic ring is 1. The average Bonchev–Trinajstić information content (AvgIpc) is 2.52. The van der Waals surface area contributed by atoms with Crippen LogP contribution in [0.5, 0.6) is 0 Å². The number of aromatic nitrogens is 2. The molecule has 2 N–H and O–H groups in total. The number of nitrogens with two attached hydrogens (primary N) is 1. The average molecular weight is 286 g/mol. The summed E-state index contributed by atoms with van der Waals surface area (Å²) in [4.78, 5) is 11.1. The number of hydrogen-bond acceptors (Lipinski definition) is 5. The van der Waals surface area contributed by atoms with Crippen LogP contribution in [0.25, 0.3) is 10.9 Å². The molecule has 1 saturated heterocycles. The molecule has 1 atom stereocenters. The lowest BCUT2D eigenvalue weighted by Gasteiger charge is -2.34.